The molecule has 0 amide bonds. The van der Waals surface area contributed by atoms with E-state index in [1.165, 1.54) is 71.1 Å². The zero-order valence-electron chi connectivity index (χ0n) is 13.4. The molecule has 2 heteroatoms. The van der Waals surface area contributed by atoms with E-state index in [-0.39, 0.29) is 0 Å². The number of hydrogen-bond acceptors (Lipinski definition) is 2. The molecule has 0 aromatic heterocycles. The molecule has 0 spiro atoms. The van der Waals surface area contributed by atoms with Crippen LogP contribution < -0.4 is 5.32 Å². The van der Waals surface area contributed by atoms with Gasteiger partial charge in [0.25, 0.3) is 0 Å². The van der Waals surface area contributed by atoms with Crippen LogP contribution in [-0.2, 0) is 0 Å². The molecular weight excluding hydrogens is 232 g/mol. The summed E-state index contributed by atoms with van der Waals surface area (Å²) in [5.74, 6) is 0.892. The van der Waals surface area contributed by atoms with Gasteiger partial charge >= 0.3 is 0 Å². The second kappa shape index (κ2) is 7.08. The Hall–Kier alpha value is -0.0800. The van der Waals surface area contributed by atoms with Gasteiger partial charge < -0.3 is 10.2 Å². The molecule has 2 fully saturated rings. The summed E-state index contributed by atoms with van der Waals surface area (Å²) in [7, 11) is 0. The molecule has 1 N–H and O–H groups in total. The Bertz CT molecular complexity index is 262. The van der Waals surface area contributed by atoms with Crippen LogP contribution in [0.1, 0.15) is 65.7 Å². The minimum absolute atomic E-state index is 0.553. The number of nitrogens with one attached hydrogen (secondary N) is 1. The lowest BCUT2D eigenvalue weighted by Crippen LogP contribution is -2.42. The number of likely N-dealkylation sites (tertiary alicyclic amines) is 1. The molecule has 1 aliphatic heterocycles. The van der Waals surface area contributed by atoms with Crippen molar-refractivity contribution in [3.05, 3.63) is 0 Å². The van der Waals surface area contributed by atoms with E-state index in [0.717, 1.165) is 12.0 Å². The third-order valence-electron chi connectivity index (χ3n) is 5.06. The fraction of sp³-hybridized carbons (Fsp3) is 1.00. The fourth-order valence-corrected chi connectivity index (χ4v) is 3.91. The van der Waals surface area contributed by atoms with Crippen LogP contribution in [0, 0.1) is 11.3 Å². The summed E-state index contributed by atoms with van der Waals surface area (Å²) in [5, 5.41) is 3.83. The molecule has 0 aromatic carbocycles. The van der Waals surface area contributed by atoms with Gasteiger partial charge in [-0.1, -0.05) is 40.0 Å². The van der Waals surface area contributed by atoms with Crippen molar-refractivity contribution in [1.82, 2.24) is 10.2 Å². The second-order valence-corrected chi connectivity index (χ2v) is 7.61. The van der Waals surface area contributed by atoms with Gasteiger partial charge in [-0.05, 0) is 50.1 Å². The summed E-state index contributed by atoms with van der Waals surface area (Å²) < 4.78 is 0. The van der Waals surface area contributed by atoms with Crippen LogP contribution in [0.3, 0.4) is 0 Å². The van der Waals surface area contributed by atoms with Gasteiger partial charge in [-0.3, -0.25) is 0 Å². The van der Waals surface area contributed by atoms with E-state index in [1.807, 2.05) is 0 Å². The van der Waals surface area contributed by atoms with Gasteiger partial charge in [0.1, 0.15) is 0 Å². The largest absolute Gasteiger partial charge is 0.314 e. The molecule has 2 nitrogen and oxygen atoms in total. The van der Waals surface area contributed by atoms with Gasteiger partial charge in [-0.25, -0.2) is 0 Å². The SMILES string of the molecule is CCCNC1CCCCCC1CN1CCC(C)(C)C1. The maximum Gasteiger partial charge on any atom is 0.0107 e. The Morgan fingerprint density at radius 1 is 1.16 bits per heavy atom. The summed E-state index contributed by atoms with van der Waals surface area (Å²) in [6.45, 7) is 12.3. The monoisotopic (exact) mass is 266 g/mol. The lowest BCUT2D eigenvalue weighted by molar-refractivity contribution is 0.208. The molecule has 0 bridgehead atoms. The van der Waals surface area contributed by atoms with E-state index >= 15 is 0 Å². The van der Waals surface area contributed by atoms with Gasteiger partial charge in [0, 0.05) is 19.1 Å². The zero-order valence-corrected chi connectivity index (χ0v) is 13.4. The quantitative estimate of drug-likeness (QED) is 0.764. The van der Waals surface area contributed by atoms with Crippen LogP contribution in [0.25, 0.3) is 0 Å². The first-order valence-corrected chi connectivity index (χ1v) is 8.56. The van der Waals surface area contributed by atoms with E-state index in [1.54, 1.807) is 0 Å². The molecule has 2 rings (SSSR count). The molecule has 0 radical (unpaired) electrons. The molecule has 0 aromatic rings. The first-order chi connectivity index (χ1) is 9.11. The molecule has 2 atom stereocenters. The van der Waals surface area contributed by atoms with Crippen LogP contribution in [-0.4, -0.2) is 37.1 Å². The van der Waals surface area contributed by atoms with Crippen molar-refractivity contribution in [1.29, 1.82) is 0 Å². The molecule has 1 aliphatic carbocycles. The van der Waals surface area contributed by atoms with Crippen molar-refractivity contribution in [2.45, 2.75) is 71.8 Å². The molecule has 2 unspecified atom stereocenters. The van der Waals surface area contributed by atoms with E-state index < -0.39 is 0 Å². The lowest BCUT2D eigenvalue weighted by atomic mass is 9.92. The summed E-state index contributed by atoms with van der Waals surface area (Å²) in [6, 6.07) is 0.783. The van der Waals surface area contributed by atoms with Crippen molar-refractivity contribution in [3.8, 4) is 0 Å². The fourth-order valence-electron chi connectivity index (χ4n) is 3.91. The Kier molecular flexibility index (Phi) is 5.70. The molecular formula is C17H34N2. The van der Waals surface area contributed by atoms with Gasteiger partial charge in [0.15, 0.2) is 0 Å². The molecule has 19 heavy (non-hydrogen) atoms. The Morgan fingerprint density at radius 3 is 2.63 bits per heavy atom. The van der Waals surface area contributed by atoms with Crippen LogP contribution in [0.4, 0.5) is 0 Å². The lowest BCUT2D eigenvalue weighted by Gasteiger charge is -2.30. The van der Waals surface area contributed by atoms with Gasteiger partial charge in [0.2, 0.25) is 0 Å². The van der Waals surface area contributed by atoms with Gasteiger partial charge in [0.05, 0.1) is 0 Å². The molecule has 1 saturated heterocycles. The maximum absolute atomic E-state index is 3.83. The number of nitrogens with zero attached hydrogens (tertiary/aromatic N) is 1. The highest BCUT2D eigenvalue weighted by atomic mass is 15.2. The van der Waals surface area contributed by atoms with E-state index in [9.17, 15) is 0 Å². The summed E-state index contributed by atoms with van der Waals surface area (Å²) in [4.78, 5) is 2.73. The molecule has 112 valence electrons. The number of rotatable bonds is 5. The first kappa shape index (κ1) is 15.3. The van der Waals surface area contributed by atoms with Crippen LogP contribution in [0.15, 0.2) is 0 Å². The summed E-state index contributed by atoms with van der Waals surface area (Å²) in [5.41, 5.74) is 0.553. The van der Waals surface area contributed by atoms with E-state index in [4.69, 9.17) is 0 Å². The average molecular weight is 266 g/mol. The average Bonchev–Trinajstić information content (AvgIpc) is 2.58. The minimum Gasteiger partial charge on any atom is -0.314 e. The molecule has 1 heterocycles. The zero-order chi connectivity index (χ0) is 13.7. The first-order valence-electron chi connectivity index (χ1n) is 8.56. The van der Waals surface area contributed by atoms with Crippen molar-refractivity contribution >= 4 is 0 Å². The highest BCUT2D eigenvalue weighted by Gasteiger charge is 2.32. The third-order valence-corrected chi connectivity index (χ3v) is 5.06. The van der Waals surface area contributed by atoms with Crippen LogP contribution >= 0.6 is 0 Å². The van der Waals surface area contributed by atoms with Crippen molar-refractivity contribution in [2.24, 2.45) is 11.3 Å². The second-order valence-electron chi connectivity index (χ2n) is 7.61. The van der Waals surface area contributed by atoms with Gasteiger partial charge in [-0.2, -0.15) is 0 Å². The minimum atomic E-state index is 0.553. The van der Waals surface area contributed by atoms with Gasteiger partial charge in [-0.15, -0.1) is 0 Å². The summed E-state index contributed by atoms with van der Waals surface area (Å²) in [6.07, 6.45) is 9.83. The van der Waals surface area contributed by atoms with E-state index in [0.29, 0.717) is 5.41 Å². The molecule has 1 saturated carbocycles. The normalized spacial score (nSPS) is 32.4. The Labute approximate surface area is 120 Å². The highest BCUT2D eigenvalue weighted by molar-refractivity contribution is 4.87. The third kappa shape index (κ3) is 4.75. The number of hydrogen-bond donors (Lipinski definition) is 1. The molecule has 2 aliphatic rings. The smallest absolute Gasteiger partial charge is 0.0107 e. The summed E-state index contributed by atoms with van der Waals surface area (Å²) >= 11 is 0. The predicted molar refractivity (Wildman–Crippen MR) is 83.5 cm³/mol. The van der Waals surface area contributed by atoms with Crippen molar-refractivity contribution < 1.29 is 0 Å². The Morgan fingerprint density at radius 2 is 1.95 bits per heavy atom. The standard InChI is InChI=1S/C17H34N2/c1-4-11-18-16-9-7-5-6-8-15(16)13-19-12-10-17(2,3)14-19/h15-16,18H,4-14H2,1-3H3. The topological polar surface area (TPSA) is 15.3 Å². The van der Waals surface area contributed by atoms with Crippen molar-refractivity contribution in [2.75, 3.05) is 26.2 Å². The van der Waals surface area contributed by atoms with E-state index in [2.05, 4.69) is 31.0 Å². The van der Waals surface area contributed by atoms with Crippen LogP contribution in [0.2, 0.25) is 0 Å². The maximum atomic E-state index is 3.83. The highest BCUT2D eigenvalue weighted by Crippen LogP contribution is 2.31. The van der Waals surface area contributed by atoms with Crippen LogP contribution in [0.5, 0.6) is 0 Å². The Balaban J connectivity index is 1.87. The van der Waals surface area contributed by atoms with Crippen molar-refractivity contribution in [3.63, 3.8) is 0 Å². The predicted octanol–water partition coefficient (Wildman–Crippen LogP) is 3.67.